The third-order valence-electron chi connectivity index (χ3n) is 4.68. The normalized spacial score (nSPS) is 15.3. The Kier molecular flexibility index (Phi) is 6.51. The molecule has 0 unspecified atom stereocenters. The molecule has 1 aliphatic heterocycles. The van der Waals surface area contributed by atoms with Crippen LogP contribution in [-0.4, -0.2) is 51.5 Å². The topological polar surface area (TPSA) is 89.8 Å². The lowest BCUT2D eigenvalue weighted by Crippen LogP contribution is -2.18. The molecule has 2 aromatic rings. The van der Waals surface area contributed by atoms with E-state index < -0.39 is 0 Å². The second kappa shape index (κ2) is 9.05. The number of aryl methyl sites for hydroxylation is 2. The van der Waals surface area contributed by atoms with Gasteiger partial charge in [0.2, 0.25) is 0 Å². The predicted molar refractivity (Wildman–Crippen MR) is 100 cm³/mol. The Hall–Kier alpha value is -2.06. The van der Waals surface area contributed by atoms with Gasteiger partial charge in [0.15, 0.2) is 5.82 Å². The lowest BCUT2D eigenvalue weighted by Gasteiger charge is -2.19. The zero-order valence-corrected chi connectivity index (χ0v) is 16.0. The molecule has 142 valence electrons. The minimum absolute atomic E-state index is 0.0139. The predicted octanol–water partition coefficient (Wildman–Crippen LogP) is 1.53. The number of hydrogen-bond donors (Lipinski definition) is 2. The average Bonchev–Trinajstić information content (AvgIpc) is 2.98. The van der Waals surface area contributed by atoms with Crippen LogP contribution in [0.4, 0.5) is 5.82 Å². The van der Waals surface area contributed by atoms with Gasteiger partial charge in [0.05, 0.1) is 11.7 Å². The minimum Gasteiger partial charge on any atom is -0.385 e. The van der Waals surface area contributed by atoms with Crippen LogP contribution in [0.1, 0.15) is 49.2 Å². The Morgan fingerprint density at radius 3 is 2.96 bits per heavy atom. The van der Waals surface area contributed by atoms with E-state index in [2.05, 4.69) is 39.2 Å². The van der Waals surface area contributed by atoms with Crippen molar-refractivity contribution in [3.63, 3.8) is 0 Å². The van der Waals surface area contributed by atoms with Gasteiger partial charge in [-0.2, -0.15) is 0 Å². The third kappa shape index (κ3) is 4.37. The Morgan fingerprint density at radius 2 is 2.15 bits per heavy atom. The van der Waals surface area contributed by atoms with E-state index in [9.17, 15) is 0 Å². The van der Waals surface area contributed by atoms with Gasteiger partial charge in [-0.15, -0.1) is 10.2 Å². The Balaban J connectivity index is 1.81. The first-order valence-electron chi connectivity index (χ1n) is 9.45. The van der Waals surface area contributed by atoms with E-state index in [1.54, 1.807) is 13.4 Å². The fraction of sp³-hybridized carbons (Fsp3) is 0.667. The smallest absolute Gasteiger partial charge is 0.155 e. The summed E-state index contributed by atoms with van der Waals surface area (Å²) in [5.74, 6) is 2.75. The number of rotatable bonds is 8. The van der Waals surface area contributed by atoms with Gasteiger partial charge in [-0.1, -0.05) is 6.92 Å². The van der Waals surface area contributed by atoms with Crippen LogP contribution in [0.2, 0.25) is 0 Å². The van der Waals surface area contributed by atoms with Crippen molar-refractivity contribution >= 4 is 5.82 Å². The van der Waals surface area contributed by atoms with E-state index in [1.165, 1.54) is 5.56 Å². The molecular weight excluding hydrogens is 330 g/mol. The number of methoxy groups -OCH3 is 1. The van der Waals surface area contributed by atoms with Crippen LogP contribution in [0.15, 0.2) is 6.33 Å². The van der Waals surface area contributed by atoms with Gasteiger partial charge in [0, 0.05) is 45.2 Å². The molecule has 2 N–H and O–H groups in total. The van der Waals surface area contributed by atoms with Crippen LogP contribution in [0.5, 0.6) is 0 Å². The molecule has 0 aromatic carbocycles. The van der Waals surface area contributed by atoms with E-state index in [0.717, 1.165) is 75.1 Å². The highest BCUT2D eigenvalue weighted by atomic mass is 16.5. The van der Waals surface area contributed by atoms with Crippen LogP contribution >= 0.6 is 0 Å². The van der Waals surface area contributed by atoms with E-state index >= 15 is 0 Å². The Bertz CT molecular complexity index is 716. The molecule has 1 atom stereocenters. The number of aromatic nitrogens is 5. The number of nitrogens with one attached hydrogen (secondary N) is 2. The summed E-state index contributed by atoms with van der Waals surface area (Å²) in [7, 11) is 1.72. The largest absolute Gasteiger partial charge is 0.385 e. The molecule has 0 radical (unpaired) electrons. The molecule has 2 aromatic heterocycles. The maximum absolute atomic E-state index is 5.14. The monoisotopic (exact) mass is 359 g/mol. The molecule has 0 aliphatic carbocycles. The average molecular weight is 359 g/mol. The lowest BCUT2D eigenvalue weighted by atomic mass is 10.1. The highest BCUT2D eigenvalue weighted by molar-refractivity contribution is 5.48. The molecule has 0 fully saturated rings. The molecular formula is C18H29N7O. The maximum atomic E-state index is 5.14. The second-order valence-corrected chi connectivity index (χ2v) is 6.61. The summed E-state index contributed by atoms with van der Waals surface area (Å²) in [6.07, 6.45) is 5.43. The van der Waals surface area contributed by atoms with Crippen LogP contribution in [0, 0.1) is 0 Å². The van der Waals surface area contributed by atoms with E-state index in [-0.39, 0.29) is 6.04 Å². The number of ether oxygens (including phenoxy) is 1. The number of fused-ring (bicyclic) bond motifs is 1. The summed E-state index contributed by atoms with van der Waals surface area (Å²) >= 11 is 0. The van der Waals surface area contributed by atoms with Crippen LogP contribution in [0.25, 0.3) is 0 Å². The van der Waals surface area contributed by atoms with Crippen molar-refractivity contribution in [2.24, 2.45) is 0 Å². The van der Waals surface area contributed by atoms with Crippen LogP contribution in [-0.2, 0) is 30.5 Å². The molecule has 8 nitrogen and oxygen atoms in total. The van der Waals surface area contributed by atoms with Gasteiger partial charge >= 0.3 is 0 Å². The zero-order chi connectivity index (χ0) is 18.4. The summed E-state index contributed by atoms with van der Waals surface area (Å²) in [5.41, 5.74) is 2.39. The fourth-order valence-electron chi connectivity index (χ4n) is 3.29. The highest BCUT2D eigenvalue weighted by Crippen LogP contribution is 2.24. The molecule has 0 saturated heterocycles. The zero-order valence-electron chi connectivity index (χ0n) is 16.0. The summed E-state index contributed by atoms with van der Waals surface area (Å²) in [4.78, 5) is 9.53. The first kappa shape index (κ1) is 18.7. The first-order valence-corrected chi connectivity index (χ1v) is 9.45. The van der Waals surface area contributed by atoms with Gasteiger partial charge in [-0.25, -0.2) is 9.97 Å². The Morgan fingerprint density at radius 1 is 1.31 bits per heavy atom. The quantitative estimate of drug-likeness (QED) is 0.691. The van der Waals surface area contributed by atoms with Crippen molar-refractivity contribution in [3.05, 3.63) is 29.2 Å². The molecule has 0 amide bonds. The summed E-state index contributed by atoms with van der Waals surface area (Å²) in [5, 5.41) is 15.4. The third-order valence-corrected chi connectivity index (χ3v) is 4.68. The first-order chi connectivity index (χ1) is 12.7. The summed E-state index contributed by atoms with van der Waals surface area (Å²) < 4.78 is 7.23. The number of hydrogen-bond acceptors (Lipinski definition) is 7. The van der Waals surface area contributed by atoms with Crippen LogP contribution in [0.3, 0.4) is 0 Å². The van der Waals surface area contributed by atoms with Crippen molar-refractivity contribution in [2.45, 2.75) is 52.1 Å². The highest BCUT2D eigenvalue weighted by Gasteiger charge is 2.20. The number of nitrogens with zero attached hydrogens (tertiary/aromatic N) is 5. The molecule has 1 aliphatic rings. The molecule has 0 bridgehead atoms. The van der Waals surface area contributed by atoms with Crippen molar-refractivity contribution in [1.29, 1.82) is 0 Å². The van der Waals surface area contributed by atoms with E-state index in [1.807, 2.05) is 0 Å². The number of anilines is 1. The van der Waals surface area contributed by atoms with Crippen molar-refractivity contribution in [2.75, 3.05) is 32.1 Å². The molecule has 3 heterocycles. The fourth-order valence-corrected chi connectivity index (χ4v) is 3.29. The van der Waals surface area contributed by atoms with Gasteiger partial charge < -0.3 is 19.9 Å². The van der Waals surface area contributed by atoms with Gasteiger partial charge in [-0.05, 0) is 26.3 Å². The summed E-state index contributed by atoms with van der Waals surface area (Å²) in [6.45, 7) is 7.69. The van der Waals surface area contributed by atoms with Crippen molar-refractivity contribution in [3.8, 4) is 0 Å². The van der Waals surface area contributed by atoms with Crippen LogP contribution < -0.4 is 10.6 Å². The van der Waals surface area contributed by atoms with Crippen molar-refractivity contribution < 1.29 is 4.74 Å². The molecule has 0 spiro atoms. The van der Waals surface area contributed by atoms with Gasteiger partial charge in [-0.3, -0.25) is 0 Å². The van der Waals surface area contributed by atoms with Gasteiger partial charge in [0.1, 0.15) is 18.0 Å². The lowest BCUT2D eigenvalue weighted by molar-refractivity contribution is 0.190. The maximum Gasteiger partial charge on any atom is 0.155 e. The molecule has 26 heavy (non-hydrogen) atoms. The standard InChI is InChI=1S/C18H29N7O/c1-4-16-22-15-7-9-19-8-6-14(15)17(23-16)21-13(2)18-24-20-12-25(18)10-5-11-26-3/h12-13,19H,4-11H2,1-3H3,(H,21,22,23)/t13-/m1/s1. The van der Waals surface area contributed by atoms with E-state index in [0.29, 0.717) is 0 Å². The van der Waals surface area contributed by atoms with E-state index in [4.69, 9.17) is 14.7 Å². The Labute approximate surface area is 154 Å². The summed E-state index contributed by atoms with van der Waals surface area (Å²) in [6, 6.07) is 0.0139. The van der Waals surface area contributed by atoms with Gasteiger partial charge in [0.25, 0.3) is 0 Å². The second-order valence-electron chi connectivity index (χ2n) is 6.61. The molecule has 3 rings (SSSR count). The molecule has 8 heteroatoms. The SMILES string of the molecule is CCc1nc2c(c(N[C@H](C)c3nncn3CCCOC)n1)CCNCC2. The van der Waals surface area contributed by atoms with Crippen molar-refractivity contribution in [1.82, 2.24) is 30.0 Å². The minimum atomic E-state index is 0.0139. The molecule has 0 saturated carbocycles.